The van der Waals surface area contributed by atoms with Crippen molar-refractivity contribution >= 4 is 21.6 Å². The van der Waals surface area contributed by atoms with Crippen LogP contribution in [0.4, 0.5) is 0 Å². The summed E-state index contributed by atoms with van der Waals surface area (Å²) in [5.74, 6) is 0. The Bertz CT molecular complexity index is 487. The molecule has 0 aliphatic heterocycles. The van der Waals surface area contributed by atoms with Crippen LogP contribution in [0.15, 0.2) is 12.1 Å². The van der Waals surface area contributed by atoms with E-state index in [1.807, 2.05) is 0 Å². The Hall–Kier alpha value is -0.930. The maximum absolute atomic E-state index is 5.80. The second-order valence-electron chi connectivity index (χ2n) is 4.98. The number of hydrogen-bond donors (Lipinski definition) is 1. The van der Waals surface area contributed by atoms with Gasteiger partial charge in [-0.05, 0) is 25.0 Å². The van der Waals surface area contributed by atoms with E-state index in [0.29, 0.717) is 6.54 Å². The minimum absolute atomic E-state index is 0.0252. The highest BCUT2D eigenvalue weighted by Gasteiger charge is 2.23. The first-order valence-electron chi connectivity index (χ1n) is 5.53. The highest BCUT2D eigenvalue weighted by Crippen LogP contribution is 2.33. The summed E-state index contributed by atoms with van der Waals surface area (Å²) in [4.78, 5) is 4.75. The lowest BCUT2D eigenvalue weighted by molar-refractivity contribution is 0.536. The SMILES string of the molecule is Cc1ccc(C)c2sc(C(C)(C)CN)nc12. The Morgan fingerprint density at radius 2 is 1.88 bits per heavy atom. The van der Waals surface area contributed by atoms with Crippen molar-refractivity contribution in [3.8, 4) is 0 Å². The highest BCUT2D eigenvalue weighted by molar-refractivity contribution is 7.19. The Labute approximate surface area is 101 Å². The summed E-state index contributed by atoms with van der Waals surface area (Å²) in [5.41, 5.74) is 9.47. The number of aryl methyl sites for hydroxylation is 2. The molecule has 2 rings (SSSR count). The molecule has 2 N–H and O–H groups in total. The van der Waals surface area contributed by atoms with Gasteiger partial charge < -0.3 is 5.73 Å². The van der Waals surface area contributed by atoms with Crippen molar-refractivity contribution in [2.75, 3.05) is 6.54 Å². The molecular weight excluding hydrogens is 216 g/mol. The van der Waals surface area contributed by atoms with Crippen molar-refractivity contribution in [3.63, 3.8) is 0 Å². The Morgan fingerprint density at radius 3 is 2.44 bits per heavy atom. The maximum atomic E-state index is 5.80. The topological polar surface area (TPSA) is 38.9 Å². The lowest BCUT2D eigenvalue weighted by Crippen LogP contribution is -2.27. The highest BCUT2D eigenvalue weighted by atomic mass is 32.1. The van der Waals surface area contributed by atoms with Crippen molar-refractivity contribution in [1.29, 1.82) is 0 Å². The van der Waals surface area contributed by atoms with Crippen LogP contribution < -0.4 is 5.73 Å². The smallest absolute Gasteiger partial charge is 0.101 e. The number of aromatic nitrogens is 1. The summed E-state index contributed by atoms with van der Waals surface area (Å²) in [6.45, 7) is 9.18. The quantitative estimate of drug-likeness (QED) is 0.867. The number of nitrogens with zero attached hydrogens (tertiary/aromatic N) is 1. The van der Waals surface area contributed by atoms with E-state index in [0.717, 1.165) is 10.5 Å². The van der Waals surface area contributed by atoms with Crippen molar-refractivity contribution in [2.24, 2.45) is 5.73 Å². The normalized spacial score (nSPS) is 12.3. The Kier molecular flexibility index (Phi) is 2.76. The number of thiazole rings is 1. The minimum atomic E-state index is -0.0252. The number of fused-ring (bicyclic) bond motifs is 1. The average molecular weight is 234 g/mol. The van der Waals surface area contributed by atoms with Gasteiger partial charge in [0.15, 0.2) is 0 Å². The molecule has 0 saturated heterocycles. The molecule has 0 saturated carbocycles. The van der Waals surface area contributed by atoms with E-state index in [1.54, 1.807) is 11.3 Å². The predicted molar refractivity (Wildman–Crippen MR) is 71.2 cm³/mol. The standard InChI is InChI=1S/C13H18N2S/c1-8-5-6-9(2)11-10(8)15-12(16-11)13(3,4)7-14/h5-6H,7,14H2,1-4H3. The number of benzene rings is 1. The summed E-state index contributed by atoms with van der Waals surface area (Å²) in [6, 6.07) is 4.30. The first-order chi connectivity index (χ1) is 7.45. The summed E-state index contributed by atoms with van der Waals surface area (Å²) < 4.78 is 1.30. The van der Waals surface area contributed by atoms with Gasteiger partial charge in [0.25, 0.3) is 0 Å². The largest absolute Gasteiger partial charge is 0.330 e. The molecule has 0 radical (unpaired) electrons. The van der Waals surface area contributed by atoms with Gasteiger partial charge in [0.1, 0.15) is 5.01 Å². The summed E-state index contributed by atoms with van der Waals surface area (Å²) in [6.07, 6.45) is 0. The van der Waals surface area contributed by atoms with E-state index in [9.17, 15) is 0 Å². The van der Waals surface area contributed by atoms with Crippen molar-refractivity contribution in [2.45, 2.75) is 33.1 Å². The number of rotatable bonds is 2. The third-order valence-electron chi connectivity index (χ3n) is 3.03. The zero-order valence-electron chi connectivity index (χ0n) is 10.3. The molecule has 16 heavy (non-hydrogen) atoms. The van der Waals surface area contributed by atoms with Gasteiger partial charge in [-0.15, -0.1) is 11.3 Å². The fourth-order valence-corrected chi connectivity index (χ4v) is 2.86. The predicted octanol–water partition coefficient (Wildman–Crippen LogP) is 3.15. The molecule has 0 fully saturated rings. The monoisotopic (exact) mass is 234 g/mol. The molecule has 1 aromatic carbocycles. The third kappa shape index (κ3) is 1.74. The molecule has 3 heteroatoms. The second kappa shape index (κ2) is 3.82. The lowest BCUT2D eigenvalue weighted by atomic mass is 9.95. The molecule has 0 aliphatic rings. The molecule has 0 bridgehead atoms. The van der Waals surface area contributed by atoms with Crippen LogP contribution in [0, 0.1) is 13.8 Å². The van der Waals surface area contributed by atoms with Crippen LogP contribution in [0.2, 0.25) is 0 Å². The molecule has 0 amide bonds. The van der Waals surface area contributed by atoms with Gasteiger partial charge in [-0.3, -0.25) is 0 Å². The van der Waals surface area contributed by atoms with Gasteiger partial charge >= 0.3 is 0 Å². The summed E-state index contributed by atoms with van der Waals surface area (Å²) >= 11 is 1.78. The zero-order chi connectivity index (χ0) is 11.9. The van der Waals surface area contributed by atoms with Crippen LogP contribution in [0.5, 0.6) is 0 Å². The summed E-state index contributed by atoms with van der Waals surface area (Å²) in [7, 11) is 0. The van der Waals surface area contributed by atoms with Crippen LogP contribution in [-0.4, -0.2) is 11.5 Å². The first-order valence-corrected chi connectivity index (χ1v) is 6.34. The van der Waals surface area contributed by atoms with Gasteiger partial charge in [0.05, 0.1) is 10.2 Å². The molecule has 86 valence electrons. The fraction of sp³-hybridized carbons (Fsp3) is 0.462. The second-order valence-corrected chi connectivity index (χ2v) is 5.98. The van der Waals surface area contributed by atoms with Crippen LogP contribution in [0.3, 0.4) is 0 Å². The van der Waals surface area contributed by atoms with Crippen molar-refractivity contribution in [3.05, 3.63) is 28.3 Å². The van der Waals surface area contributed by atoms with Crippen molar-refractivity contribution < 1.29 is 0 Å². The van der Waals surface area contributed by atoms with E-state index >= 15 is 0 Å². The van der Waals surface area contributed by atoms with Gasteiger partial charge in [-0.1, -0.05) is 26.0 Å². The van der Waals surface area contributed by atoms with E-state index in [2.05, 4.69) is 39.8 Å². The van der Waals surface area contributed by atoms with Crippen LogP contribution in [0.25, 0.3) is 10.2 Å². The van der Waals surface area contributed by atoms with Gasteiger partial charge in [-0.2, -0.15) is 0 Å². The molecule has 0 unspecified atom stereocenters. The van der Waals surface area contributed by atoms with Crippen LogP contribution in [0.1, 0.15) is 30.0 Å². The molecule has 1 heterocycles. The maximum Gasteiger partial charge on any atom is 0.101 e. The zero-order valence-corrected chi connectivity index (χ0v) is 11.1. The van der Waals surface area contributed by atoms with E-state index < -0.39 is 0 Å². The van der Waals surface area contributed by atoms with Gasteiger partial charge in [0.2, 0.25) is 0 Å². The third-order valence-corrected chi connectivity index (χ3v) is 4.59. The Morgan fingerprint density at radius 1 is 1.25 bits per heavy atom. The van der Waals surface area contributed by atoms with E-state index in [-0.39, 0.29) is 5.41 Å². The molecule has 2 aromatic rings. The van der Waals surface area contributed by atoms with E-state index in [1.165, 1.54) is 15.8 Å². The molecule has 0 atom stereocenters. The number of nitrogens with two attached hydrogens (primary N) is 1. The lowest BCUT2D eigenvalue weighted by Gasteiger charge is -2.18. The molecule has 1 aromatic heterocycles. The minimum Gasteiger partial charge on any atom is -0.330 e. The van der Waals surface area contributed by atoms with Gasteiger partial charge in [-0.25, -0.2) is 4.98 Å². The van der Waals surface area contributed by atoms with Crippen molar-refractivity contribution in [1.82, 2.24) is 4.98 Å². The molecule has 2 nitrogen and oxygen atoms in total. The van der Waals surface area contributed by atoms with Gasteiger partial charge in [0, 0.05) is 12.0 Å². The van der Waals surface area contributed by atoms with Crippen LogP contribution in [-0.2, 0) is 5.41 Å². The number of hydrogen-bond acceptors (Lipinski definition) is 3. The molecular formula is C13H18N2S. The first kappa shape index (κ1) is 11.6. The molecule has 0 aliphatic carbocycles. The summed E-state index contributed by atoms with van der Waals surface area (Å²) in [5, 5.41) is 1.14. The average Bonchev–Trinajstić information content (AvgIpc) is 2.70. The van der Waals surface area contributed by atoms with Crippen LogP contribution >= 0.6 is 11.3 Å². The Balaban J connectivity index is 2.69. The fourth-order valence-electron chi connectivity index (χ4n) is 1.64. The van der Waals surface area contributed by atoms with E-state index in [4.69, 9.17) is 10.7 Å². The molecule has 0 spiro atoms.